The van der Waals surface area contributed by atoms with Crippen LogP contribution in [0.25, 0.3) is 0 Å². The van der Waals surface area contributed by atoms with E-state index in [9.17, 15) is 19.1 Å². The lowest BCUT2D eigenvalue weighted by Crippen LogP contribution is -2.53. The van der Waals surface area contributed by atoms with Gasteiger partial charge in [-0.05, 0) is 69.5 Å². The van der Waals surface area contributed by atoms with Gasteiger partial charge in [0, 0.05) is 53.7 Å². The summed E-state index contributed by atoms with van der Waals surface area (Å²) in [5.74, 6) is -0.217. The van der Waals surface area contributed by atoms with Gasteiger partial charge in [-0.15, -0.1) is 0 Å². The molecule has 4 rings (SSSR count). The van der Waals surface area contributed by atoms with Crippen LogP contribution >= 0.6 is 0 Å². The molecule has 1 atom stereocenters. The molecule has 3 heterocycles. The minimum atomic E-state index is -0.600. The number of halogens is 1. The maximum atomic E-state index is 14.2. The van der Waals surface area contributed by atoms with Gasteiger partial charge >= 0.3 is 6.03 Å². The third kappa shape index (κ3) is 4.35. The van der Waals surface area contributed by atoms with Crippen molar-refractivity contribution in [1.82, 2.24) is 14.7 Å². The van der Waals surface area contributed by atoms with Crippen molar-refractivity contribution in [3.63, 3.8) is 0 Å². The molecule has 180 valence electrons. The number of benzene rings is 1. The number of aliphatic hydroxyl groups excluding tert-OH is 1. The zero-order valence-corrected chi connectivity index (χ0v) is 19.4. The minimum Gasteiger partial charge on any atom is -0.393 e. The fourth-order valence-corrected chi connectivity index (χ4v) is 5.66. The van der Waals surface area contributed by atoms with Crippen LogP contribution in [0.1, 0.15) is 47.4 Å². The molecule has 1 N–H and O–H groups in total. The molecule has 2 saturated heterocycles. The number of aliphatic hydroxyl groups is 1. The number of anilines is 1. The van der Waals surface area contributed by atoms with E-state index >= 15 is 0 Å². The first-order valence-corrected chi connectivity index (χ1v) is 11.7. The van der Waals surface area contributed by atoms with Gasteiger partial charge in [0.1, 0.15) is 5.82 Å². The molecule has 0 unspecified atom stereocenters. The van der Waals surface area contributed by atoms with Crippen molar-refractivity contribution in [1.29, 1.82) is 0 Å². The van der Waals surface area contributed by atoms with Crippen molar-refractivity contribution in [2.24, 2.45) is 0 Å². The standard InChI is InChI=1S/C24H35FN4O3.2H2/c1-17(30)14-22(31)28-10-6-19(7-11-28)27-12-8-24(9-13-27)16-29(23(32)26(2)3)21-5-4-18(25)15-20(21)24;;/h4-5,15,17,19,30H,6-14,16H2,1-3H3;2*1H/t17-;;/m0../s1. The molecule has 0 saturated carbocycles. The highest BCUT2D eigenvalue weighted by Gasteiger charge is 2.47. The van der Waals surface area contributed by atoms with Gasteiger partial charge in [0.15, 0.2) is 0 Å². The molecule has 3 amide bonds. The van der Waals surface area contributed by atoms with E-state index in [1.807, 2.05) is 4.90 Å². The highest BCUT2D eigenvalue weighted by atomic mass is 19.1. The first-order valence-electron chi connectivity index (χ1n) is 11.7. The number of urea groups is 1. The average Bonchev–Trinajstić information content (AvgIpc) is 3.06. The zero-order valence-electron chi connectivity index (χ0n) is 19.4. The Bertz CT molecular complexity index is 870. The molecule has 0 bridgehead atoms. The van der Waals surface area contributed by atoms with Gasteiger partial charge in [0.05, 0.1) is 12.5 Å². The summed E-state index contributed by atoms with van der Waals surface area (Å²) in [6.45, 7) is 5.53. The van der Waals surface area contributed by atoms with E-state index in [0.29, 0.717) is 12.6 Å². The Morgan fingerprint density at radius 1 is 1.22 bits per heavy atom. The fourth-order valence-electron chi connectivity index (χ4n) is 5.66. The van der Waals surface area contributed by atoms with Crippen LogP contribution < -0.4 is 4.90 Å². The number of hydrogen-bond acceptors (Lipinski definition) is 4. The predicted octanol–water partition coefficient (Wildman–Crippen LogP) is 2.91. The maximum absolute atomic E-state index is 14.2. The fraction of sp³-hybridized carbons (Fsp3) is 0.667. The normalized spacial score (nSPS) is 22.2. The molecular weight excluding hydrogens is 411 g/mol. The van der Waals surface area contributed by atoms with Crippen molar-refractivity contribution in [3.05, 3.63) is 29.6 Å². The van der Waals surface area contributed by atoms with Crippen LogP contribution in [0.3, 0.4) is 0 Å². The van der Waals surface area contributed by atoms with Gasteiger partial charge in [-0.25, -0.2) is 9.18 Å². The third-order valence-corrected chi connectivity index (χ3v) is 7.45. The van der Waals surface area contributed by atoms with E-state index in [0.717, 1.165) is 63.1 Å². The van der Waals surface area contributed by atoms with Crippen molar-refractivity contribution in [3.8, 4) is 0 Å². The number of carbonyl (C=O) groups excluding carboxylic acids is 2. The summed E-state index contributed by atoms with van der Waals surface area (Å²) in [6.07, 6.45) is 3.25. The van der Waals surface area contributed by atoms with Gasteiger partial charge in [0.25, 0.3) is 0 Å². The van der Waals surface area contributed by atoms with E-state index in [1.165, 1.54) is 6.07 Å². The largest absolute Gasteiger partial charge is 0.393 e. The molecule has 1 aromatic rings. The Morgan fingerprint density at radius 3 is 2.47 bits per heavy atom. The predicted molar refractivity (Wildman–Crippen MR) is 125 cm³/mol. The van der Waals surface area contributed by atoms with Crippen LogP contribution in [0.5, 0.6) is 0 Å². The van der Waals surface area contributed by atoms with E-state index in [2.05, 4.69) is 4.90 Å². The molecular formula is C24H39FN4O3. The number of carbonyl (C=O) groups is 2. The van der Waals surface area contributed by atoms with Crippen LogP contribution in [0.4, 0.5) is 14.9 Å². The van der Waals surface area contributed by atoms with Crippen LogP contribution in [-0.4, -0.2) is 90.7 Å². The molecule has 0 aromatic heterocycles. The van der Waals surface area contributed by atoms with E-state index in [4.69, 9.17) is 0 Å². The highest BCUT2D eigenvalue weighted by Crippen LogP contribution is 2.48. The summed E-state index contributed by atoms with van der Waals surface area (Å²) in [7, 11) is 3.49. The summed E-state index contributed by atoms with van der Waals surface area (Å²) in [6, 6.07) is 5.19. The molecule has 0 radical (unpaired) electrons. The van der Waals surface area contributed by atoms with Crippen molar-refractivity contribution < 1.29 is 21.9 Å². The number of nitrogens with zero attached hydrogens (tertiary/aromatic N) is 4. The van der Waals surface area contributed by atoms with E-state index in [1.54, 1.807) is 43.0 Å². The summed E-state index contributed by atoms with van der Waals surface area (Å²) in [5, 5.41) is 9.47. The Kier molecular flexibility index (Phi) is 6.45. The third-order valence-electron chi connectivity index (χ3n) is 7.45. The maximum Gasteiger partial charge on any atom is 0.323 e. The van der Waals surface area contributed by atoms with Gasteiger partial charge in [-0.1, -0.05) is 0 Å². The van der Waals surface area contributed by atoms with Crippen LogP contribution in [0.15, 0.2) is 18.2 Å². The number of rotatable bonds is 3. The number of piperidine rings is 2. The monoisotopic (exact) mass is 450 g/mol. The smallest absolute Gasteiger partial charge is 0.323 e. The van der Waals surface area contributed by atoms with Crippen molar-refractivity contribution in [2.75, 3.05) is 51.7 Å². The van der Waals surface area contributed by atoms with Gasteiger partial charge in [0.2, 0.25) is 5.91 Å². The average molecular weight is 451 g/mol. The topological polar surface area (TPSA) is 67.3 Å². The second-order valence-electron chi connectivity index (χ2n) is 9.91. The molecule has 2 fully saturated rings. The molecule has 8 heteroatoms. The van der Waals surface area contributed by atoms with Crippen LogP contribution in [0.2, 0.25) is 0 Å². The molecule has 1 spiro atoms. The van der Waals surface area contributed by atoms with Crippen LogP contribution in [-0.2, 0) is 10.2 Å². The molecule has 7 nitrogen and oxygen atoms in total. The first-order chi connectivity index (χ1) is 15.2. The summed E-state index contributed by atoms with van der Waals surface area (Å²) < 4.78 is 14.2. The Morgan fingerprint density at radius 2 is 1.88 bits per heavy atom. The lowest BCUT2D eigenvalue weighted by Gasteiger charge is -2.45. The lowest BCUT2D eigenvalue weighted by atomic mass is 9.74. The zero-order chi connectivity index (χ0) is 23.0. The number of fused-ring (bicyclic) bond motifs is 2. The minimum absolute atomic E-state index is 0. The Balaban J connectivity index is 0.00000204. The van der Waals surface area contributed by atoms with E-state index in [-0.39, 0.29) is 32.4 Å². The highest BCUT2D eigenvalue weighted by molar-refractivity contribution is 5.95. The first kappa shape index (κ1) is 23.0. The van der Waals surface area contributed by atoms with Gasteiger partial charge < -0.3 is 19.8 Å². The number of likely N-dealkylation sites (tertiary alicyclic amines) is 2. The quantitative estimate of drug-likeness (QED) is 0.769. The summed E-state index contributed by atoms with van der Waals surface area (Å²) >= 11 is 0. The molecule has 3 aliphatic rings. The Hall–Kier alpha value is -2.19. The van der Waals surface area contributed by atoms with Crippen LogP contribution in [0, 0.1) is 5.82 Å². The Labute approximate surface area is 192 Å². The SMILES string of the molecule is C[C@H](O)CC(=O)N1CCC(N2CCC3(CC2)CN(C(=O)N(C)C)c2ccc(F)cc23)CC1.[HH].[HH]. The second-order valence-corrected chi connectivity index (χ2v) is 9.91. The van der Waals surface area contributed by atoms with Gasteiger partial charge in [-0.3, -0.25) is 9.69 Å². The number of amides is 3. The van der Waals surface area contributed by atoms with Crippen molar-refractivity contribution >= 4 is 17.6 Å². The molecule has 1 aromatic carbocycles. The second kappa shape index (κ2) is 8.98. The molecule has 3 aliphatic heterocycles. The summed E-state index contributed by atoms with van der Waals surface area (Å²) in [5.41, 5.74) is 1.60. The van der Waals surface area contributed by atoms with Crippen molar-refractivity contribution in [2.45, 2.75) is 56.6 Å². The summed E-state index contributed by atoms with van der Waals surface area (Å²) in [4.78, 5) is 32.8. The van der Waals surface area contributed by atoms with E-state index < -0.39 is 6.10 Å². The lowest BCUT2D eigenvalue weighted by molar-refractivity contribution is -0.134. The molecule has 0 aliphatic carbocycles. The molecule has 32 heavy (non-hydrogen) atoms. The number of hydrogen-bond donors (Lipinski definition) is 1. The van der Waals surface area contributed by atoms with Gasteiger partial charge in [-0.2, -0.15) is 0 Å².